The van der Waals surface area contributed by atoms with E-state index in [2.05, 4.69) is 25.0 Å². The van der Waals surface area contributed by atoms with Gasteiger partial charge in [-0.05, 0) is 38.5 Å². The van der Waals surface area contributed by atoms with Gasteiger partial charge in [-0.3, -0.25) is 14.6 Å². The molecule has 0 saturated carbocycles. The van der Waals surface area contributed by atoms with E-state index < -0.39 is 0 Å². The average molecular weight is 360 g/mol. The van der Waals surface area contributed by atoms with Gasteiger partial charge < -0.3 is 10.1 Å². The van der Waals surface area contributed by atoms with Gasteiger partial charge in [-0.1, -0.05) is 0 Å². The Balaban J connectivity index is 1.84. The van der Waals surface area contributed by atoms with Crippen molar-refractivity contribution in [3.63, 3.8) is 0 Å². The van der Waals surface area contributed by atoms with Gasteiger partial charge in [0.1, 0.15) is 5.69 Å². The summed E-state index contributed by atoms with van der Waals surface area (Å²) in [6.07, 6.45) is 8.88. The minimum Gasteiger partial charge on any atom is -0.494 e. The number of H-pyrrole nitrogens is 1. The second-order valence-electron chi connectivity index (χ2n) is 6.41. The molecule has 4 rings (SSSR count). The van der Waals surface area contributed by atoms with E-state index in [-0.39, 0.29) is 5.88 Å². The van der Waals surface area contributed by atoms with E-state index in [9.17, 15) is 5.11 Å². The molecule has 7 heteroatoms. The predicted octanol–water partition coefficient (Wildman–Crippen LogP) is 4.00. The number of hydrogen-bond donors (Lipinski definition) is 2. The number of aromatic amines is 1. The Bertz CT molecular complexity index is 1150. The third-order valence-corrected chi connectivity index (χ3v) is 4.58. The van der Waals surface area contributed by atoms with Gasteiger partial charge in [-0.2, -0.15) is 5.10 Å². The Morgan fingerprint density at radius 1 is 1.30 bits per heavy atom. The molecule has 0 atom stereocenters. The van der Waals surface area contributed by atoms with Gasteiger partial charge in [0.25, 0.3) is 0 Å². The number of hydrogen-bond acceptors (Lipinski definition) is 5. The van der Waals surface area contributed by atoms with Gasteiger partial charge in [0.15, 0.2) is 5.88 Å². The zero-order chi connectivity index (χ0) is 19.0. The minimum atomic E-state index is 0.0796. The van der Waals surface area contributed by atoms with Crippen LogP contribution >= 0.6 is 0 Å². The third-order valence-electron chi connectivity index (χ3n) is 4.58. The van der Waals surface area contributed by atoms with Gasteiger partial charge in [-0.25, -0.2) is 4.99 Å². The van der Waals surface area contributed by atoms with Crippen molar-refractivity contribution in [3.8, 4) is 17.1 Å². The van der Waals surface area contributed by atoms with Crippen LogP contribution in [0.2, 0.25) is 0 Å². The summed E-state index contributed by atoms with van der Waals surface area (Å²) >= 11 is 0. The molecule has 0 saturated heterocycles. The van der Waals surface area contributed by atoms with Crippen LogP contribution < -0.4 is 0 Å². The van der Waals surface area contributed by atoms with Crippen LogP contribution in [0.3, 0.4) is 0 Å². The Labute approximate surface area is 156 Å². The van der Waals surface area contributed by atoms with Crippen LogP contribution in [0.25, 0.3) is 22.2 Å². The molecule has 4 aromatic heterocycles. The Hall–Kier alpha value is -3.48. The van der Waals surface area contributed by atoms with E-state index in [1.165, 1.54) is 0 Å². The highest BCUT2D eigenvalue weighted by Gasteiger charge is 2.16. The fourth-order valence-corrected chi connectivity index (χ4v) is 3.16. The molecule has 0 amide bonds. The molecular weight excluding hydrogens is 340 g/mol. The number of pyridine rings is 2. The van der Waals surface area contributed by atoms with Gasteiger partial charge in [-0.15, -0.1) is 0 Å². The molecule has 4 aromatic rings. The maximum absolute atomic E-state index is 10.5. The molecule has 0 fully saturated rings. The zero-order valence-electron chi connectivity index (χ0n) is 15.4. The molecule has 0 bridgehead atoms. The van der Waals surface area contributed by atoms with Gasteiger partial charge in [0.05, 0.1) is 41.1 Å². The molecule has 0 spiro atoms. The number of nitrogens with one attached hydrogen (secondary N) is 1. The molecule has 7 nitrogen and oxygen atoms in total. The van der Waals surface area contributed by atoms with Crippen LogP contribution in [0.15, 0.2) is 48.1 Å². The van der Waals surface area contributed by atoms with Crippen LogP contribution in [0.5, 0.6) is 5.88 Å². The summed E-state index contributed by atoms with van der Waals surface area (Å²) in [7, 11) is 0. The maximum Gasteiger partial charge on any atom is 0.198 e. The lowest BCUT2D eigenvalue weighted by atomic mass is 10.0. The lowest BCUT2D eigenvalue weighted by Gasteiger charge is -2.05. The van der Waals surface area contributed by atoms with Gasteiger partial charge in [0, 0.05) is 29.9 Å². The molecule has 0 unspecified atom stereocenters. The summed E-state index contributed by atoms with van der Waals surface area (Å²) in [6, 6.07) is 3.91. The zero-order valence-corrected chi connectivity index (χ0v) is 15.4. The van der Waals surface area contributed by atoms with Crippen LogP contribution in [-0.4, -0.2) is 35.6 Å². The molecule has 4 heterocycles. The smallest absolute Gasteiger partial charge is 0.198 e. The number of aryl methyl sites for hydroxylation is 2. The van der Waals surface area contributed by atoms with Gasteiger partial charge >= 0.3 is 0 Å². The van der Waals surface area contributed by atoms with E-state index in [1.54, 1.807) is 24.8 Å². The third kappa shape index (κ3) is 3.08. The topological polar surface area (TPSA) is 92.0 Å². The molecule has 0 aliphatic rings. The van der Waals surface area contributed by atoms with Crippen molar-refractivity contribution in [1.82, 2.24) is 24.7 Å². The summed E-state index contributed by atoms with van der Waals surface area (Å²) in [5.74, 6) is 0.0796. The number of aliphatic imine (C=N–C) groups is 1. The van der Waals surface area contributed by atoms with E-state index >= 15 is 0 Å². The number of aromatic hydroxyl groups is 1. The van der Waals surface area contributed by atoms with Crippen molar-refractivity contribution in [2.24, 2.45) is 4.99 Å². The van der Waals surface area contributed by atoms with E-state index in [1.807, 2.05) is 43.8 Å². The van der Waals surface area contributed by atoms with Crippen molar-refractivity contribution in [3.05, 3.63) is 54.2 Å². The molecule has 0 aliphatic heterocycles. The first kappa shape index (κ1) is 17.0. The first-order valence-corrected chi connectivity index (χ1v) is 8.76. The standard InChI is InChI=1S/C20H20N6O/c1-4-26-11-14(8-23-26)24-13(3)19-15-7-17(16-9-21-6-5-12(16)2)22-10-18(15)25-20(19)27/h5-11,25,27H,4H2,1-3H3. The van der Waals surface area contributed by atoms with Crippen molar-refractivity contribution in [2.75, 3.05) is 0 Å². The summed E-state index contributed by atoms with van der Waals surface area (Å²) in [5, 5.41) is 15.6. The van der Waals surface area contributed by atoms with Crippen molar-refractivity contribution >= 4 is 22.3 Å². The highest BCUT2D eigenvalue weighted by molar-refractivity contribution is 6.13. The van der Waals surface area contributed by atoms with Crippen LogP contribution in [0.4, 0.5) is 5.69 Å². The Kier molecular flexibility index (Phi) is 4.19. The lowest BCUT2D eigenvalue weighted by Crippen LogP contribution is -1.94. The molecule has 136 valence electrons. The van der Waals surface area contributed by atoms with Gasteiger partial charge in [0.2, 0.25) is 0 Å². The molecule has 0 aliphatic carbocycles. The highest BCUT2D eigenvalue weighted by Crippen LogP contribution is 2.31. The quantitative estimate of drug-likeness (QED) is 0.538. The first-order chi connectivity index (χ1) is 13.1. The molecule has 27 heavy (non-hydrogen) atoms. The monoisotopic (exact) mass is 360 g/mol. The first-order valence-electron chi connectivity index (χ1n) is 8.76. The number of rotatable bonds is 4. The molecule has 0 aromatic carbocycles. The highest BCUT2D eigenvalue weighted by atomic mass is 16.3. The van der Waals surface area contributed by atoms with Crippen molar-refractivity contribution in [1.29, 1.82) is 0 Å². The maximum atomic E-state index is 10.5. The molecule has 2 N–H and O–H groups in total. The number of aromatic nitrogens is 5. The largest absolute Gasteiger partial charge is 0.494 e. The Morgan fingerprint density at radius 3 is 2.89 bits per heavy atom. The summed E-state index contributed by atoms with van der Waals surface area (Å²) < 4.78 is 1.81. The second-order valence-corrected chi connectivity index (χ2v) is 6.41. The molecule has 0 radical (unpaired) electrons. The second kappa shape index (κ2) is 6.68. The summed E-state index contributed by atoms with van der Waals surface area (Å²) in [5.41, 5.74) is 5.74. The van der Waals surface area contributed by atoms with E-state index in [0.717, 1.165) is 40.0 Å². The molecular formula is C20H20N6O. The van der Waals surface area contributed by atoms with Crippen molar-refractivity contribution in [2.45, 2.75) is 27.3 Å². The average Bonchev–Trinajstić information content (AvgIpc) is 3.24. The summed E-state index contributed by atoms with van der Waals surface area (Å²) in [6.45, 7) is 6.71. The summed E-state index contributed by atoms with van der Waals surface area (Å²) in [4.78, 5) is 16.3. The van der Waals surface area contributed by atoms with E-state index in [0.29, 0.717) is 11.3 Å². The normalized spacial score (nSPS) is 12.0. The fourth-order valence-electron chi connectivity index (χ4n) is 3.16. The van der Waals surface area contributed by atoms with Crippen LogP contribution in [0.1, 0.15) is 25.0 Å². The minimum absolute atomic E-state index is 0.0796. The lowest BCUT2D eigenvalue weighted by molar-refractivity contribution is 0.457. The van der Waals surface area contributed by atoms with Crippen LogP contribution in [0, 0.1) is 6.92 Å². The van der Waals surface area contributed by atoms with E-state index in [4.69, 9.17) is 0 Å². The predicted molar refractivity (Wildman–Crippen MR) is 105 cm³/mol. The number of fused-ring (bicyclic) bond motifs is 1. The van der Waals surface area contributed by atoms with Crippen LogP contribution in [-0.2, 0) is 6.54 Å². The Morgan fingerprint density at radius 2 is 2.15 bits per heavy atom. The number of nitrogens with zero attached hydrogens (tertiary/aromatic N) is 5. The van der Waals surface area contributed by atoms with Crippen molar-refractivity contribution < 1.29 is 5.11 Å². The fraction of sp³-hybridized carbons (Fsp3) is 0.200. The SMILES string of the molecule is CCn1cc(N=C(C)c2c(O)[nH]c3cnc(-c4cnccc4C)cc23)cn1.